The number of nitrogens with two attached hydrogens (primary N) is 1. The lowest BCUT2D eigenvalue weighted by atomic mass is 9.87. The van der Waals surface area contributed by atoms with E-state index in [-0.39, 0.29) is 11.8 Å². The SMILES string of the molecule is CC(C)(O)c1cccc(Cn2cc(-c3nc(N)nc4c3CCc3ccc(F)cc3-4)nn2)n1. The Morgan fingerprint density at radius 1 is 1.09 bits per heavy atom. The molecule has 1 aliphatic carbocycles. The van der Waals surface area contributed by atoms with Gasteiger partial charge in [-0.3, -0.25) is 4.98 Å². The molecule has 4 aromatic rings. The number of hydrogen-bond donors (Lipinski definition) is 2. The number of hydrogen-bond acceptors (Lipinski definition) is 7. The van der Waals surface area contributed by atoms with Gasteiger partial charge in [-0.2, -0.15) is 0 Å². The third-order valence-electron chi connectivity index (χ3n) is 5.53. The minimum atomic E-state index is -1.03. The van der Waals surface area contributed by atoms with E-state index in [0.29, 0.717) is 35.7 Å². The largest absolute Gasteiger partial charge is 0.384 e. The van der Waals surface area contributed by atoms with Crippen LogP contribution in [0.2, 0.25) is 0 Å². The lowest BCUT2D eigenvalue weighted by molar-refractivity contribution is 0.0736. The van der Waals surface area contributed by atoms with Crippen molar-refractivity contribution >= 4 is 5.95 Å². The number of aryl methyl sites for hydroxylation is 1. The van der Waals surface area contributed by atoms with E-state index in [1.165, 1.54) is 12.1 Å². The quantitative estimate of drug-likeness (QED) is 0.510. The van der Waals surface area contributed by atoms with E-state index in [9.17, 15) is 9.50 Å². The van der Waals surface area contributed by atoms with Crippen LogP contribution in [0.5, 0.6) is 0 Å². The fraction of sp³-hybridized carbons (Fsp3) is 0.261. The molecule has 0 saturated carbocycles. The molecule has 9 heteroatoms. The Morgan fingerprint density at radius 2 is 1.91 bits per heavy atom. The number of nitrogen functional groups attached to an aromatic ring is 1. The molecule has 3 N–H and O–H groups in total. The Balaban J connectivity index is 1.51. The van der Waals surface area contributed by atoms with Gasteiger partial charge in [-0.1, -0.05) is 17.3 Å². The number of anilines is 1. The summed E-state index contributed by atoms with van der Waals surface area (Å²) in [6, 6.07) is 10.2. The Hall–Kier alpha value is -3.72. The van der Waals surface area contributed by atoms with Crippen molar-refractivity contribution in [3.63, 3.8) is 0 Å². The maximum absolute atomic E-state index is 13.9. The van der Waals surface area contributed by atoms with Gasteiger partial charge in [-0.05, 0) is 56.5 Å². The summed E-state index contributed by atoms with van der Waals surface area (Å²) in [5.41, 5.74) is 10.8. The van der Waals surface area contributed by atoms with Gasteiger partial charge in [0.15, 0.2) is 0 Å². The molecule has 0 bridgehead atoms. The lowest BCUT2D eigenvalue weighted by Gasteiger charge is -2.20. The van der Waals surface area contributed by atoms with Crippen LogP contribution in [0.25, 0.3) is 22.6 Å². The summed E-state index contributed by atoms with van der Waals surface area (Å²) in [5, 5.41) is 18.7. The predicted molar refractivity (Wildman–Crippen MR) is 117 cm³/mol. The van der Waals surface area contributed by atoms with E-state index >= 15 is 0 Å². The van der Waals surface area contributed by atoms with Crippen LogP contribution < -0.4 is 5.73 Å². The fourth-order valence-electron chi connectivity index (χ4n) is 3.98. The van der Waals surface area contributed by atoms with Crippen LogP contribution in [0.1, 0.15) is 36.4 Å². The van der Waals surface area contributed by atoms with Gasteiger partial charge in [0.05, 0.1) is 29.8 Å². The molecule has 3 heterocycles. The van der Waals surface area contributed by atoms with Gasteiger partial charge >= 0.3 is 0 Å². The van der Waals surface area contributed by atoms with E-state index < -0.39 is 5.60 Å². The van der Waals surface area contributed by atoms with Crippen LogP contribution in [-0.4, -0.2) is 35.1 Å². The first-order valence-electron chi connectivity index (χ1n) is 10.3. The second-order valence-corrected chi connectivity index (χ2v) is 8.43. The van der Waals surface area contributed by atoms with Gasteiger partial charge in [0, 0.05) is 11.1 Å². The Kier molecular flexibility index (Phi) is 4.70. The van der Waals surface area contributed by atoms with Gasteiger partial charge in [0.1, 0.15) is 22.8 Å². The minimum Gasteiger partial charge on any atom is -0.384 e. The van der Waals surface area contributed by atoms with E-state index in [1.807, 2.05) is 12.1 Å². The number of halogens is 1. The first kappa shape index (κ1) is 20.2. The molecule has 1 aromatic carbocycles. The van der Waals surface area contributed by atoms with Crippen molar-refractivity contribution in [1.29, 1.82) is 0 Å². The van der Waals surface area contributed by atoms with Crippen molar-refractivity contribution in [2.75, 3.05) is 5.73 Å². The molecule has 0 aliphatic heterocycles. The van der Waals surface area contributed by atoms with Crippen LogP contribution in [0.15, 0.2) is 42.6 Å². The second kappa shape index (κ2) is 7.45. The van der Waals surface area contributed by atoms with Gasteiger partial charge in [-0.25, -0.2) is 19.0 Å². The zero-order chi connectivity index (χ0) is 22.5. The number of nitrogens with zero attached hydrogens (tertiary/aromatic N) is 6. The van der Waals surface area contributed by atoms with Gasteiger partial charge < -0.3 is 10.8 Å². The van der Waals surface area contributed by atoms with Crippen LogP contribution in [0.3, 0.4) is 0 Å². The molecule has 0 unspecified atom stereocenters. The van der Waals surface area contributed by atoms with Crippen LogP contribution in [0.4, 0.5) is 10.3 Å². The predicted octanol–water partition coefficient (Wildman–Crippen LogP) is 2.89. The summed E-state index contributed by atoms with van der Waals surface area (Å²) < 4.78 is 15.6. The minimum absolute atomic E-state index is 0.102. The first-order valence-corrected chi connectivity index (χ1v) is 10.3. The van der Waals surface area contributed by atoms with Crippen molar-refractivity contribution < 1.29 is 9.50 Å². The molecule has 5 rings (SSSR count). The van der Waals surface area contributed by atoms with Gasteiger partial charge in [0.2, 0.25) is 5.95 Å². The van der Waals surface area contributed by atoms with Crippen LogP contribution in [-0.2, 0) is 25.0 Å². The van der Waals surface area contributed by atoms with E-state index in [0.717, 1.165) is 28.8 Å². The standard InChI is InChI=1S/C23H22FN7O/c1-23(2,32)19-5-3-4-15(26-19)11-31-12-18(29-30-31)21-16-9-7-13-6-8-14(24)10-17(13)20(16)27-22(25)28-21/h3-6,8,10,12,32H,7,9,11H2,1-2H3,(H2,25,27,28). The molecule has 32 heavy (non-hydrogen) atoms. The third kappa shape index (κ3) is 3.71. The number of rotatable bonds is 4. The van der Waals surface area contributed by atoms with Gasteiger partial charge in [0.25, 0.3) is 0 Å². The van der Waals surface area contributed by atoms with Crippen LogP contribution in [0, 0.1) is 5.82 Å². The average molecular weight is 431 g/mol. The molecule has 1 aliphatic rings. The summed E-state index contributed by atoms with van der Waals surface area (Å²) >= 11 is 0. The molecule has 0 spiro atoms. The number of aromatic nitrogens is 6. The smallest absolute Gasteiger partial charge is 0.221 e. The first-order chi connectivity index (χ1) is 15.3. The van der Waals surface area contributed by atoms with Crippen LogP contribution >= 0.6 is 0 Å². The maximum atomic E-state index is 13.9. The molecule has 0 amide bonds. The van der Waals surface area contributed by atoms with Crippen molar-refractivity contribution in [1.82, 2.24) is 29.9 Å². The molecular formula is C23H22FN7O. The van der Waals surface area contributed by atoms with E-state index in [2.05, 4.69) is 25.3 Å². The molecule has 0 fully saturated rings. The highest BCUT2D eigenvalue weighted by atomic mass is 19.1. The third-order valence-corrected chi connectivity index (χ3v) is 5.53. The molecule has 162 valence electrons. The van der Waals surface area contributed by atoms with Crippen molar-refractivity contribution in [2.24, 2.45) is 0 Å². The zero-order valence-electron chi connectivity index (χ0n) is 17.7. The zero-order valence-corrected chi connectivity index (χ0v) is 17.7. The lowest BCUT2D eigenvalue weighted by Crippen LogP contribution is -2.18. The fourth-order valence-corrected chi connectivity index (χ4v) is 3.98. The molecule has 0 saturated heterocycles. The monoisotopic (exact) mass is 431 g/mol. The number of aliphatic hydroxyl groups is 1. The molecule has 8 nitrogen and oxygen atoms in total. The summed E-state index contributed by atoms with van der Waals surface area (Å²) in [5.74, 6) is -0.216. The molecule has 3 aromatic heterocycles. The topological polar surface area (TPSA) is 116 Å². The summed E-state index contributed by atoms with van der Waals surface area (Å²) in [6.45, 7) is 3.77. The summed E-state index contributed by atoms with van der Waals surface area (Å²) in [4.78, 5) is 13.3. The van der Waals surface area contributed by atoms with Crippen molar-refractivity contribution in [3.05, 3.63) is 70.9 Å². The average Bonchev–Trinajstić information content (AvgIpc) is 3.21. The number of benzene rings is 1. The highest BCUT2D eigenvalue weighted by Crippen LogP contribution is 2.37. The molecule has 0 radical (unpaired) electrons. The normalized spacial score (nSPS) is 13.0. The summed E-state index contributed by atoms with van der Waals surface area (Å²) in [6.07, 6.45) is 3.23. The highest BCUT2D eigenvalue weighted by Gasteiger charge is 2.25. The highest BCUT2D eigenvalue weighted by molar-refractivity contribution is 5.77. The Labute approximate surface area is 184 Å². The Bertz CT molecular complexity index is 1330. The van der Waals surface area contributed by atoms with Crippen molar-refractivity contribution in [3.8, 4) is 22.6 Å². The van der Waals surface area contributed by atoms with Gasteiger partial charge in [-0.15, -0.1) is 5.10 Å². The Morgan fingerprint density at radius 3 is 2.72 bits per heavy atom. The van der Waals surface area contributed by atoms with E-state index in [1.54, 1.807) is 36.9 Å². The van der Waals surface area contributed by atoms with E-state index in [4.69, 9.17) is 5.73 Å². The number of fused-ring (bicyclic) bond motifs is 3. The van der Waals surface area contributed by atoms with Crippen molar-refractivity contribution in [2.45, 2.75) is 38.8 Å². The number of pyridine rings is 1. The molecular weight excluding hydrogens is 409 g/mol. The maximum Gasteiger partial charge on any atom is 0.221 e. The second-order valence-electron chi connectivity index (χ2n) is 8.43. The molecule has 0 atom stereocenters. The summed E-state index contributed by atoms with van der Waals surface area (Å²) in [7, 11) is 0.